The van der Waals surface area contributed by atoms with Gasteiger partial charge < -0.3 is 15.5 Å². The van der Waals surface area contributed by atoms with Crippen LogP contribution in [-0.4, -0.2) is 23.0 Å². The van der Waals surface area contributed by atoms with Gasteiger partial charge in [-0.1, -0.05) is 26.0 Å². The van der Waals surface area contributed by atoms with Gasteiger partial charge >= 0.3 is 0 Å². The van der Waals surface area contributed by atoms with Crippen molar-refractivity contribution in [3.63, 3.8) is 0 Å². The summed E-state index contributed by atoms with van der Waals surface area (Å²) in [6.07, 6.45) is 1.55. The number of nitrogens with two attached hydrogens (primary N) is 1. The maximum Gasteiger partial charge on any atom is 0.287 e. The molecule has 0 unspecified atom stereocenters. The smallest absolute Gasteiger partial charge is 0.287 e. The van der Waals surface area contributed by atoms with Crippen molar-refractivity contribution in [3.8, 4) is 10.8 Å². The Morgan fingerprint density at radius 1 is 1.19 bits per heavy atom. The Hall–Kier alpha value is -1.60. The zero-order valence-electron chi connectivity index (χ0n) is 14.7. The molecule has 1 aromatic carbocycles. The number of para-hydroxylation sites is 1. The summed E-state index contributed by atoms with van der Waals surface area (Å²) < 4.78 is 6.83. The van der Waals surface area contributed by atoms with Gasteiger partial charge in [-0.2, -0.15) is 0 Å². The molecule has 0 aliphatic carbocycles. The number of halogens is 2. The number of rotatable bonds is 6. The number of carbonyl (C=O) groups is 1. The first-order valence-corrected chi connectivity index (χ1v) is 8.91. The molecule has 0 atom stereocenters. The van der Waals surface area contributed by atoms with Gasteiger partial charge in [0.15, 0.2) is 16.5 Å². The van der Waals surface area contributed by atoms with Crippen molar-refractivity contribution >= 4 is 52.3 Å². The molecule has 142 valence electrons. The quantitative estimate of drug-likeness (QED) is 0.613. The average molecular weight is 416 g/mol. The first kappa shape index (κ1) is 22.4. The molecule has 0 radical (unpaired) electrons. The number of hydrogen-bond donors (Lipinski definition) is 2. The highest BCUT2D eigenvalue weighted by Crippen LogP contribution is 2.31. The second-order valence-electron chi connectivity index (χ2n) is 5.80. The third-order valence-corrected chi connectivity index (χ3v) is 5.51. The highest BCUT2D eigenvalue weighted by molar-refractivity contribution is 7.21. The van der Waals surface area contributed by atoms with E-state index in [1.165, 1.54) is 0 Å². The van der Waals surface area contributed by atoms with Crippen LogP contribution in [0.15, 0.2) is 40.8 Å². The summed E-state index contributed by atoms with van der Waals surface area (Å²) in [4.78, 5) is 17.0. The van der Waals surface area contributed by atoms with E-state index < -0.39 is 0 Å². The van der Waals surface area contributed by atoms with Crippen molar-refractivity contribution in [2.45, 2.75) is 32.2 Å². The van der Waals surface area contributed by atoms with Crippen LogP contribution in [0.3, 0.4) is 0 Å². The molecule has 8 heteroatoms. The molecule has 0 bridgehead atoms. The minimum atomic E-state index is -0.389. The van der Waals surface area contributed by atoms with E-state index in [-0.39, 0.29) is 42.0 Å². The number of carbonyl (C=O) groups excluding carboxylic acids is 1. The molecule has 2 heterocycles. The van der Waals surface area contributed by atoms with Gasteiger partial charge in [-0.3, -0.25) is 4.79 Å². The molecule has 5 nitrogen and oxygen atoms in total. The van der Waals surface area contributed by atoms with E-state index in [4.69, 9.17) is 10.2 Å². The van der Waals surface area contributed by atoms with Crippen LogP contribution in [0.1, 0.15) is 37.2 Å². The van der Waals surface area contributed by atoms with Crippen LogP contribution in [0.5, 0.6) is 0 Å². The summed E-state index contributed by atoms with van der Waals surface area (Å²) in [5.74, 6) is 0.646. The lowest BCUT2D eigenvalue weighted by Crippen LogP contribution is -2.52. The zero-order valence-corrected chi connectivity index (χ0v) is 17.1. The fourth-order valence-corrected chi connectivity index (χ4v) is 3.55. The zero-order chi connectivity index (χ0) is 17.2. The van der Waals surface area contributed by atoms with E-state index in [2.05, 4.69) is 10.3 Å². The highest BCUT2D eigenvalue weighted by atomic mass is 35.5. The standard InChI is InChI=1S/C18H21N3O2S.2ClH/c1-3-18(4-2,11-19)21-16(22)13-9-10-14(23-13)17-20-12-7-5-6-8-15(12)24-17;;/h5-10H,3-4,11,19H2,1-2H3,(H,21,22);2*1H. The summed E-state index contributed by atoms with van der Waals surface area (Å²) in [6.45, 7) is 4.44. The minimum absolute atomic E-state index is 0. The number of aromatic nitrogens is 1. The lowest BCUT2D eigenvalue weighted by Gasteiger charge is -2.30. The first-order chi connectivity index (χ1) is 11.6. The van der Waals surface area contributed by atoms with Crippen molar-refractivity contribution in [2.75, 3.05) is 6.54 Å². The van der Waals surface area contributed by atoms with E-state index >= 15 is 0 Å². The SMILES string of the molecule is CCC(CC)(CN)NC(=O)c1ccc(-c2nc3ccccc3s2)o1.Cl.Cl. The van der Waals surface area contributed by atoms with Crippen LogP contribution in [0, 0.1) is 0 Å². The molecule has 3 aromatic rings. The van der Waals surface area contributed by atoms with Gasteiger partial charge in [0, 0.05) is 6.54 Å². The third-order valence-electron chi connectivity index (χ3n) is 4.46. The summed E-state index contributed by atoms with van der Waals surface area (Å²) >= 11 is 1.55. The lowest BCUT2D eigenvalue weighted by molar-refractivity contribution is 0.0867. The predicted octanol–water partition coefficient (Wildman–Crippen LogP) is 4.65. The Morgan fingerprint density at radius 3 is 2.50 bits per heavy atom. The molecule has 0 aliphatic heterocycles. The van der Waals surface area contributed by atoms with Crippen molar-refractivity contribution in [1.29, 1.82) is 0 Å². The van der Waals surface area contributed by atoms with E-state index in [1.807, 2.05) is 38.1 Å². The van der Waals surface area contributed by atoms with Gasteiger partial charge in [0.2, 0.25) is 0 Å². The summed E-state index contributed by atoms with van der Waals surface area (Å²) in [5, 5.41) is 3.78. The number of nitrogens with one attached hydrogen (secondary N) is 1. The van der Waals surface area contributed by atoms with Crippen LogP contribution in [0.25, 0.3) is 21.0 Å². The van der Waals surface area contributed by atoms with Crippen molar-refractivity contribution in [1.82, 2.24) is 10.3 Å². The fourth-order valence-electron chi connectivity index (χ4n) is 2.62. The third kappa shape index (κ3) is 4.38. The van der Waals surface area contributed by atoms with Crippen molar-refractivity contribution < 1.29 is 9.21 Å². The van der Waals surface area contributed by atoms with Crippen LogP contribution in [0.4, 0.5) is 0 Å². The molecule has 0 aliphatic rings. The number of furan rings is 1. The second-order valence-corrected chi connectivity index (χ2v) is 6.83. The normalized spacial score (nSPS) is 10.9. The molecule has 0 saturated heterocycles. The van der Waals surface area contributed by atoms with Gasteiger partial charge in [0.05, 0.1) is 15.8 Å². The molecule has 3 N–H and O–H groups in total. The Labute approximate surface area is 169 Å². The van der Waals surface area contributed by atoms with E-state index in [0.29, 0.717) is 12.3 Å². The average Bonchev–Trinajstić information content (AvgIpc) is 3.26. The number of nitrogens with zero attached hydrogens (tertiary/aromatic N) is 1. The molecular formula is C18H23Cl2N3O2S. The monoisotopic (exact) mass is 415 g/mol. The van der Waals surface area contributed by atoms with E-state index in [0.717, 1.165) is 28.1 Å². The molecule has 3 rings (SSSR count). The lowest BCUT2D eigenvalue weighted by atomic mass is 9.93. The van der Waals surface area contributed by atoms with Crippen molar-refractivity contribution in [3.05, 3.63) is 42.2 Å². The Bertz CT molecular complexity index is 818. The minimum Gasteiger partial charge on any atom is -0.448 e. The summed E-state index contributed by atoms with van der Waals surface area (Å²) in [6, 6.07) is 11.4. The van der Waals surface area contributed by atoms with Crippen LogP contribution in [0.2, 0.25) is 0 Å². The molecule has 2 aromatic heterocycles. The molecule has 26 heavy (non-hydrogen) atoms. The van der Waals surface area contributed by atoms with Crippen LogP contribution >= 0.6 is 36.2 Å². The molecule has 0 fully saturated rings. The molecule has 1 amide bonds. The predicted molar refractivity (Wildman–Crippen MR) is 112 cm³/mol. The number of thiazole rings is 1. The number of benzene rings is 1. The summed E-state index contributed by atoms with van der Waals surface area (Å²) in [7, 11) is 0. The molecule has 0 saturated carbocycles. The van der Waals surface area contributed by atoms with Gasteiger partial charge in [-0.05, 0) is 37.1 Å². The fraction of sp³-hybridized carbons (Fsp3) is 0.333. The highest BCUT2D eigenvalue weighted by Gasteiger charge is 2.28. The topological polar surface area (TPSA) is 81.1 Å². The number of amides is 1. The molecular weight excluding hydrogens is 393 g/mol. The Balaban J connectivity index is 0.00000169. The van der Waals surface area contributed by atoms with Gasteiger partial charge in [-0.15, -0.1) is 36.2 Å². The van der Waals surface area contributed by atoms with E-state index in [9.17, 15) is 4.79 Å². The Morgan fingerprint density at radius 2 is 1.88 bits per heavy atom. The summed E-state index contributed by atoms with van der Waals surface area (Å²) in [5.41, 5.74) is 6.38. The number of fused-ring (bicyclic) bond motifs is 1. The van der Waals surface area contributed by atoms with E-state index in [1.54, 1.807) is 23.5 Å². The van der Waals surface area contributed by atoms with Crippen molar-refractivity contribution in [2.24, 2.45) is 5.73 Å². The first-order valence-electron chi connectivity index (χ1n) is 8.09. The van der Waals surface area contributed by atoms with Crippen LogP contribution < -0.4 is 11.1 Å². The van der Waals surface area contributed by atoms with Crippen LogP contribution in [-0.2, 0) is 0 Å². The maximum absolute atomic E-state index is 12.5. The van der Waals surface area contributed by atoms with Gasteiger partial charge in [-0.25, -0.2) is 4.98 Å². The van der Waals surface area contributed by atoms with Gasteiger partial charge in [0.25, 0.3) is 5.91 Å². The maximum atomic E-state index is 12.5. The largest absolute Gasteiger partial charge is 0.448 e. The van der Waals surface area contributed by atoms with Gasteiger partial charge in [0.1, 0.15) is 0 Å². The second kappa shape index (κ2) is 9.37. The molecule has 0 spiro atoms. The Kier molecular flexibility index (Phi) is 8.09. The number of hydrogen-bond acceptors (Lipinski definition) is 5.